The molecule has 0 aromatic carbocycles. The Labute approximate surface area is 33.3 Å². The standard InChI is InChI=1S/C2H2.2CH4.H2/c1-2;;;/h1-2H;2*1H4;1H/i;1T;;1+2T. The minimum atomic E-state index is 0. The van der Waals surface area contributed by atoms with Crippen molar-refractivity contribution >= 4 is 0 Å². The van der Waals surface area contributed by atoms with Gasteiger partial charge in [-0.3, -0.25) is 0 Å². The van der Waals surface area contributed by atoms with Crippen LogP contribution >= 0.6 is 0 Å². The fraction of sp³-hybridized carbons (Fsp3) is 0.500. The molecule has 0 rings (SSSR count). The predicted molar refractivity (Wildman–Crippen MR) is 25.5 cm³/mol. The topological polar surface area (TPSA) is 0 Å². The molecule has 0 unspecified atom stereocenters. The van der Waals surface area contributed by atoms with Crippen LogP contribution in [0.1, 0.15) is 19.2 Å². The van der Waals surface area contributed by atoms with Crippen LogP contribution in [0.4, 0.5) is 0 Å². The SMILES string of the molecule is C.C#C.[3H]C.[3H][3H]. The molecule has 0 bridgehead atoms. The first-order valence-corrected chi connectivity index (χ1v) is 0.333. The van der Waals surface area contributed by atoms with E-state index < -0.39 is 0 Å². The zero-order valence-corrected chi connectivity index (χ0v) is 2.15. The van der Waals surface area contributed by atoms with Gasteiger partial charge >= 0.3 is 0 Å². The van der Waals surface area contributed by atoms with Crippen molar-refractivity contribution in [2.24, 2.45) is 0 Å². The van der Waals surface area contributed by atoms with Crippen LogP contribution in [0, 0.1) is 12.8 Å². The minimum Gasteiger partial charge on any atom is -0.124 e. The normalized spacial score (nSPS) is 4.25. The summed E-state index contributed by atoms with van der Waals surface area (Å²) in [6.07, 6.45) is 8.00. The van der Waals surface area contributed by atoms with E-state index in [0.717, 1.165) is 0 Å². The van der Waals surface area contributed by atoms with Crippen LogP contribution in [0.15, 0.2) is 0 Å². The Bertz CT molecular complexity index is 11.7. The molecule has 0 fully saturated rings. The Hall–Kier alpha value is -0.440. The molecule has 0 N–H and O–H groups in total. The van der Waals surface area contributed by atoms with E-state index in [9.17, 15) is 0 Å². The third-order valence-corrected chi connectivity index (χ3v) is 0. The molecule has 0 radical (unpaired) electrons. The molecule has 0 amide bonds. The lowest BCUT2D eigenvalue weighted by Gasteiger charge is -0.701. The maximum absolute atomic E-state index is 5.75. The third kappa shape index (κ3) is 2.53. The summed E-state index contributed by atoms with van der Waals surface area (Å²) in [4.78, 5) is 0. The third-order valence-electron chi connectivity index (χ3n) is 0. The van der Waals surface area contributed by atoms with Crippen molar-refractivity contribution in [2.45, 2.75) is 14.8 Å². The molecule has 0 aliphatic rings. The van der Waals surface area contributed by atoms with E-state index >= 15 is 0 Å². The molecular weight excluding hydrogens is 48.0 g/mol. The van der Waals surface area contributed by atoms with Crippen molar-refractivity contribution < 1.29 is 4.34 Å². The summed E-state index contributed by atoms with van der Waals surface area (Å²) >= 11 is 0. The summed E-state index contributed by atoms with van der Waals surface area (Å²) in [7, 11) is 1.25. The Balaban J connectivity index is -0.00000000900. The monoisotopic (exact) mass is 66.1 g/mol. The molecular formula is C4H12. The summed E-state index contributed by atoms with van der Waals surface area (Å²) in [6.45, 7) is 0. The van der Waals surface area contributed by atoms with Crippen LogP contribution in [0.5, 0.6) is 0 Å². The van der Waals surface area contributed by atoms with Crippen LogP contribution in [0.2, 0.25) is 0 Å². The number of hydrogen-bond donors (Lipinski definition) is 0. The van der Waals surface area contributed by atoms with E-state index in [-0.39, 0.29) is 7.43 Å². The molecule has 0 aliphatic heterocycles. The smallest absolute Gasteiger partial charge is 0.0194 e. The largest absolute Gasteiger partial charge is 0.124 e. The van der Waals surface area contributed by atoms with Crippen LogP contribution in [0.3, 0.4) is 0 Å². The van der Waals surface area contributed by atoms with Gasteiger partial charge in [0, 0.05) is 4.34 Å². The quantitative estimate of drug-likeness (QED) is 0.378. The average molecular weight is 66.2 g/mol. The van der Waals surface area contributed by atoms with Gasteiger partial charge in [-0.1, -0.05) is 14.8 Å². The highest BCUT2D eigenvalue weighted by atomic mass is 12.6. The first kappa shape index (κ1) is 3.56. The van der Waals surface area contributed by atoms with Gasteiger partial charge in [0.2, 0.25) is 0 Å². The highest BCUT2D eigenvalue weighted by Gasteiger charge is 0.454. The van der Waals surface area contributed by atoms with Gasteiger partial charge in [0.1, 0.15) is 0 Å². The summed E-state index contributed by atoms with van der Waals surface area (Å²) in [6, 6.07) is 0. The highest BCUT2D eigenvalue weighted by molar-refractivity contribution is 4.47. The van der Waals surface area contributed by atoms with Gasteiger partial charge in [0.15, 0.2) is 0 Å². The number of hydrogen-bond acceptors (Lipinski definition) is 0. The van der Waals surface area contributed by atoms with E-state index in [1.165, 1.54) is 7.40 Å². The van der Waals surface area contributed by atoms with E-state index in [1.54, 1.807) is 0 Å². The molecule has 0 nitrogen and oxygen atoms in total. The van der Waals surface area contributed by atoms with Crippen LogP contribution in [-0.4, -0.2) is 0 Å². The molecule has 0 saturated heterocycles. The van der Waals surface area contributed by atoms with Crippen LogP contribution in [-0.2, 0) is 0 Å². The highest BCUT2D eigenvalue weighted by Crippen LogP contribution is 0.579. The molecule has 0 saturated carbocycles. The molecule has 0 spiro atoms. The summed E-state index contributed by atoms with van der Waals surface area (Å²) in [5.41, 5.74) is 0. The van der Waals surface area contributed by atoms with E-state index in [2.05, 4.69) is 12.8 Å². The molecule has 0 aliphatic carbocycles. The molecule has 0 heteroatoms. The number of rotatable bonds is 0. The number of terminal acetylenes is 1. The summed E-state index contributed by atoms with van der Waals surface area (Å²) in [5.74, 6) is 0. The van der Waals surface area contributed by atoms with Gasteiger partial charge in [-0.05, 0) is 0 Å². The lowest BCUT2D eigenvalue weighted by Crippen LogP contribution is -0.576. The zero-order valence-electron chi connectivity index (χ0n) is 5.15. The average Bonchev–Trinajstić information content (AvgIpc) is 1.81. The van der Waals surface area contributed by atoms with Gasteiger partial charge in [-0.2, -0.15) is 0 Å². The van der Waals surface area contributed by atoms with Crippen molar-refractivity contribution in [3.05, 3.63) is 0 Å². The van der Waals surface area contributed by atoms with Crippen LogP contribution in [0.25, 0.3) is 0 Å². The lowest BCUT2D eigenvalue weighted by atomic mass is 11.4. The fourth-order valence-electron chi connectivity index (χ4n) is 0. The molecule has 0 aromatic heterocycles. The Morgan fingerprint density at radius 1 is 1.75 bits per heavy atom. The van der Waals surface area contributed by atoms with Crippen LogP contribution < -0.4 is 0 Å². The Kier molecular flexibility index (Phi) is 28.6. The second-order valence-electron chi connectivity index (χ2n) is 0. The Morgan fingerprint density at radius 2 is 1.75 bits per heavy atom. The summed E-state index contributed by atoms with van der Waals surface area (Å²) < 4.78 is 15.8. The molecule has 0 aromatic rings. The van der Waals surface area contributed by atoms with Gasteiger partial charge in [0.25, 0.3) is 0 Å². The maximum atomic E-state index is 5.75. The molecule has 0 heterocycles. The van der Waals surface area contributed by atoms with E-state index in [0.29, 0.717) is 0 Å². The fourth-order valence-corrected chi connectivity index (χ4v) is 0. The van der Waals surface area contributed by atoms with Gasteiger partial charge in [-0.25, -0.2) is 0 Å². The second kappa shape index (κ2) is 32.2. The minimum absolute atomic E-state index is 0. The maximum Gasteiger partial charge on any atom is 0.0194 e. The molecule has 0 atom stereocenters. The van der Waals surface area contributed by atoms with Gasteiger partial charge < -0.3 is 0 Å². The summed E-state index contributed by atoms with van der Waals surface area (Å²) in [5, 5.41) is 0. The van der Waals surface area contributed by atoms with Crippen molar-refractivity contribution in [1.29, 1.82) is 0 Å². The second-order valence-corrected chi connectivity index (χ2v) is 0. The van der Waals surface area contributed by atoms with Crippen molar-refractivity contribution in [3.63, 3.8) is 0 Å². The predicted octanol–water partition coefficient (Wildman–Crippen LogP) is 1.77. The van der Waals surface area contributed by atoms with E-state index in [4.69, 9.17) is 4.34 Å². The first-order valence-electron chi connectivity index (χ1n) is 2.33. The molecule has 4 heavy (non-hydrogen) atoms. The van der Waals surface area contributed by atoms with Crippen molar-refractivity contribution in [2.75, 3.05) is 0 Å². The first-order chi connectivity index (χ1) is 3.00. The van der Waals surface area contributed by atoms with Crippen molar-refractivity contribution in [1.82, 2.24) is 0 Å². The van der Waals surface area contributed by atoms with Gasteiger partial charge in [-0.15, -0.1) is 12.8 Å². The zero-order chi connectivity index (χ0) is 6.00. The Morgan fingerprint density at radius 3 is 1.75 bits per heavy atom. The lowest BCUT2D eigenvalue weighted by molar-refractivity contribution is 2.50. The van der Waals surface area contributed by atoms with Crippen molar-refractivity contribution in [3.8, 4) is 12.8 Å². The van der Waals surface area contributed by atoms with Gasteiger partial charge in [0.05, 0.1) is 0 Å². The molecule has 28 valence electrons. The van der Waals surface area contributed by atoms with E-state index in [1.807, 2.05) is 0 Å².